The molecule has 1 aliphatic rings. The van der Waals surface area contributed by atoms with Gasteiger partial charge in [-0.05, 0) is 33.0 Å². The Morgan fingerprint density at radius 3 is 2.63 bits per heavy atom. The van der Waals surface area contributed by atoms with Gasteiger partial charge in [0.2, 0.25) is 0 Å². The van der Waals surface area contributed by atoms with Gasteiger partial charge in [0.15, 0.2) is 0 Å². The predicted octanol–water partition coefficient (Wildman–Crippen LogP) is 1.50. The van der Waals surface area contributed by atoms with E-state index in [1.54, 1.807) is 6.33 Å². The molecule has 0 unspecified atom stereocenters. The van der Waals surface area contributed by atoms with Crippen LogP contribution in [-0.4, -0.2) is 52.7 Å². The molecule has 0 amide bonds. The first-order valence-corrected chi connectivity index (χ1v) is 6.84. The standard InChI is InChI=1S/C14H21N5/c1-17(2)11-4-8-19(9-5-11)14-12-6-7-18(3)13(12)15-10-16-14/h6-7,10-11H,4-5,8-9H2,1-3H3. The van der Waals surface area contributed by atoms with Gasteiger partial charge in [-0.2, -0.15) is 0 Å². The third kappa shape index (κ3) is 2.18. The van der Waals surface area contributed by atoms with Gasteiger partial charge < -0.3 is 14.4 Å². The topological polar surface area (TPSA) is 37.2 Å². The molecule has 0 aliphatic carbocycles. The highest BCUT2D eigenvalue weighted by Crippen LogP contribution is 2.26. The van der Waals surface area contributed by atoms with E-state index in [2.05, 4.69) is 46.1 Å². The zero-order chi connectivity index (χ0) is 13.4. The SMILES string of the molecule is CN(C)C1CCN(c2ncnc3c2ccn3C)CC1. The number of nitrogens with zero attached hydrogens (tertiary/aromatic N) is 5. The normalized spacial score (nSPS) is 17.6. The number of rotatable bonds is 2. The van der Waals surface area contributed by atoms with Crippen molar-refractivity contribution in [1.29, 1.82) is 0 Å². The molecule has 19 heavy (non-hydrogen) atoms. The molecule has 3 heterocycles. The molecule has 102 valence electrons. The van der Waals surface area contributed by atoms with Crippen LogP contribution in [0.4, 0.5) is 5.82 Å². The van der Waals surface area contributed by atoms with Crippen LogP contribution in [0.2, 0.25) is 0 Å². The van der Waals surface area contributed by atoms with E-state index < -0.39 is 0 Å². The van der Waals surface area contributed by atoms with Crippen molar-refractivity contribution in [3.05, 3.63) is 18.6 Å². The number of aromatic nitrogens is 3. The van der Waals surface area contributed by atoms with Gasteiger partial charge in [-0.3, -0.25) is 0 Å². The molecule has 3 rings (SSSR count). The van der Waals surface area contributed by atoms with Crippen LogP contribution in [0.15, 0.2) is 18.6 Å². The lowest BCUT2D eigenvalue weighted by molar-refractivity contribution is 0.249. The van der Waals surface area contributed by atoms with Crippen LogP contribution in [0.5, 0.6) is 0 Å². The highest BCUT2D eigenvalue weighted by molar-refractivity contribution is 5.87. The highest BCUT2D eigenvalue weighted by Gasteiger charge is 2.23. The van der Waals surface area contributed by atoms with Gasteiger partial charge >= 0.3 is 0 Å². The quantitative estimate of drug-likeness (QED) is 0.819. The fourth-order valence-corrected chi connectivity index (χ4v) is 2.91. The maximum absolute atomic E-state index is 4.50. The monoisotopic (exact) mass is 259 g/mol. The number of piperidine rings is 1. The summed E-state index contributed by atoms with van der Waals surface area (Å²) in [5, 5.41) is 1.16. The Balaban J connectivity index is 1.86. The lowest BCUT2D eigenvalue weighted by Gasteiger charge is -2.36. The Morgan fingerprint density at radius 2 is 1.95 bits per heavy atom. The van der Waals surface area contributed by atoms with E-state index in [0.717, 1.165) is 29.9 Å². The van der Waals surface area contributed by atoms with Crippen LogP contribution >= 0.6 is 0 Å². The number of anilines is 1. The molecule has 5 heteroatoms. The fraction of sp³-hybridized carbons (Fsp3) is 0.571. The van der Waals surface area contributed by atoms with Gasteiger partial charge in [0.05, 0.1) is 5.39 Å². The zero-order valence-corrected chi connectivity index (χ0v) is 11.9. The summed E-state index contributed by atoms with van der Waals surface area (Å²) in [7, 11) is 6.36. The van der Waals surface area contributed by atoms with Crippen LogP contribution in [0, 0.1) is 0 Å². The van der Waals surface area contributed by atoms with Crippen molar-refractivity contribution >= 4 is 16.9 Å². The molecule has 0 spiro atoms. The summed E-state index contributed by atoms with van der Waals surface area (Å²) in [5.41, 5.74) is 1.01. The van der Waals surface area contributed by atoms with E-state index >= 15 is 0 Å². The van der Waals surface area contributed by atoms with Gasteiger partial charge in [-0.25, -0.2) is 9.97 Å². The predicted molar refractivity (Wildman–Crippen MR) is 77.4 cm³/mol. The van der Waals surface area contributed by atoms with Crippen LogP contribution in [0.1, 0.15) is 12.8 Å². The summed E-state index contributed by atoms with van der Waals surface area (Å²) in [4.78, 5) is 13.6. The van der Waals surface area contributed by atoms with Crippen LogP contribution in [0.25, 0.3) is 11.0 Å². The molecule has 0 N–H and O–H groups in total. The minimum Gasteiger partial charge on any atom is -0.356 e. The molecule has 0 radical (unpaired) electrons. The minimum absolute atomic E-state index is 0.698. The molecule has 5 nitrogen and oxygen atoms in total. The summed E-state index contributed by atoms with van der Waals surface area (Å²) in [6.07, 6.45) is 6.13. The number of hydrogen-bond donors (Lipinski definition) is 0. The van der Waals surface area contributed by atoms with Crippen molar-refractivity contribution < 1.29 is 0 Å². The van der Waals surface area contributed by atoms with Crippen molar-refractivity contribution in [3.63, 3.8) is 0 Å². The fourth-order valence-electron chi connectivity index (χ4n) is 2.91. The van der Waals surface area contributed by atoms with E-state index in [-0.39, 0.29) is 0 Å². The molecule has 1 aliphatic heterocycles. The van der Waals surface area contributed by atoms with E-state index in [1.807, 2.05) is 11.6 Å². The van der Waals surface area contributed by atoms with Crippen LogP contribution in [0.3, 0.4) is 0 Å². The summed E-state index contributed by atoms with van der Waals surface area (Å²) < 4.78 is 2.05. The summed E-state index contributed by atoms with van der Waals surface area (Å²) >= 11 is 0. The molecule has 0 atom stereocenters. The average Bonchev–Trinajstić information content (AvgIpc) is 2.81. The Labute approximate surface area is 113 Å². The van der Waals surface area contributed by atoms with E-state index in [9.17, 15) is 0 Å². The molecular formula is C14H21N5. The summed E-state index contributed by atoms with van der Waals surface area (Å²) in [5.74, 6) is 1.09. The molecule has 1 fully saturated rings. The van der Waals surface area contributed by atoms with Crippen molar-refractivity contribution in [3.8, 4) is 0 Å². The lowest BCUT2D eigenvalue weighted by atomic mass is 10.0. The molecule has 2 aromatic heterocycles. The van der Waals surface area contributed by atoms with Crippen LogP contribution < -0.4 is 4.90 Å². The van der Waals surface area contributed by atoms with Crippen molar-refractivity contribution in [1.82, 2.24) is 19.4 Å². The second-order valence-electron chi connectivity index (χ2n) is 5.54. The second-order valence-corrected chi connectivity index (χ2v) is 5.54. The van der Waals surface area contributed by atoms with E-state index in [4.69, 9.17) is 0 Å². The van der Waals surface area contributed by atoms with Gasteiger partial charge in [-0.1, -0.05) is 0 Å². The number of aryl methyl sites for hydroxylation is 1. The Hall–Kier alpha value is -1.62. The first kappa shape index (κ1) is 12.4. The van der Waals surface area contributed by atoms with Gasteiger partial charge in [-0.15, -0.1) is 0 Å². The van der Waals surface area contributed by atoms with E-state index in [1.165, 1.54) is 12.8 Å². The molecule has 0 aromatic carbocycles. The molecule has 2 aromatic rings. The van der Waals surface area contributed by atoms with Gasteiger partial charge in [0.25, 0.3) is 0 Å². The molecule has 0 saturated carbocycles. The van der Waals surface area contributed by atoms with E-state index in [0.29, 0.717) is 6.04 Å². The maximum atomic E-state index is 4.50. The third-order valence-corrected chi connectivity index (χ3v) is 4.14. The minimum atomic E-state index is 0.698. The molecule has 1 saturated heterocycles. The van der Waals surface area contributed by atoms with Crippen molar-refractivity contribution in [2.45, 2.75) is 18.9 Å². The lowest BCUT2D eigenvalue weighted by Crippen LogP contribution is -2.42. The van der Waals surface area contributed by atoms with Gasteiger partial charge in [0, 0.05) is 32.4 Å². The maximum Gasteiger partial charge on any atom is 0.145 e. The smallest absolute Gasteiger partial charge is 0.145 e. The molecule has 0 bridgehead atoms. The Morgan fingerprint density at radius 1 is 1.21 bits per heavy atom. The first-order chi connectivity index (χ1) is 9.16. The largest absolute Gasteiger partial charge is 0.356 e. The van der Waals surface area contributed by atoms with Crippen LogP contribution in [-0.2, 0) is 7.05 Å². The Bertz CT molecular complexity index is 566. The van der Waals surface area contributed by atoms with Crippen molar-refractivity contribution in [2.24, 2.45) is 7.05 Å². The second kappa shape index (κ2) is 4.81. The van der Waals surface area contributed by atoms with Crippen molar-refractivity contribution in [2.75, 3.05) is 32.1 Å². The summed E-state index contributed by atoms with van der Waals surface area (Å²) in [6.45, 7) is 2.15. The number of hydrogen-bond acceptors (Lipinski definition) is 4. The highest BCUT2D eigenvalue weighted by atomic mass is 15.2. The average molecular weight is 259 g/mol. The first-order valence-electron chi connectivity index (χ1n) is 6.84. The summed E-state index contributed by atoms with van der Waals surface area (Å²) in [6, 6.07) is 2.81. The molecular weight excluding hydrogens is 238 g/mol. The van der Waals surface area contributed by atoms with Gasteiger partial charge in [0.1, 0.15) is 17.8 Å². The Kier molecular flexibility index (Phi) is 3.14. The number of fused-ring (bicyclic) bond motifs is 1. The zero-order valence-electron chi connectivity index (χ0n) is 11.9. The third-order valence-electron chi connectivity index (χ3n) is 4.14.